The van der Waals surface area contributed by atoms with E-state index in [1.165, 1.54) is 30.7 Å². The molecule has 0 bridgehead atoms. The summed E-state index contributed by atoms with van der Waals surface area (Å²) in [5.74, 6) is 0. The highest BCUT2D eigenvalue weighted by molar-refractivity contribution is 14.1. The molecular weight excluding hydrogens is 307 g/mol. The second-order valence-corrected chi connectivity index (χ2v) is 5.35. The third-order valence-corrected chi connectivity index (χ3v) is 3.70. The van der Waals surface area contributed by atoms with Crippen LogP contribution in [0.3, 0.4) is 0 Å². The summed E-state index contributed by atoms with van der Waals surface area (Å²) >= 11 is 2.36. The van der Waals surface area contributed by atoms with Crippen LogP contribution in [0, 0.1) is 10.5 Å². The molecule has 0 aliphatic heterocycles. The Morgan fingerprint density at radius 3 is 2.38 bits per heavy atom. The molecule has 0 spiro atoms. The monoisotopic (exact) mass is 318 g/mol. The highest BCUT2D eigenvalue weighted by Gasteiger charge is 2.03. The molecule has 0 atom stereocenters. The van der Waals surface area contributed by atoms with E-state index >= 15 is 0 Å². The Morgan fingerprint density at radius 1 is 0.812 bits per heavy atom. The fourth-order valence-electron chi connectivity index (χ4n) is 2.27. The van der Waals surface area contributed by atoms with Gasteiger partial charge in [0.25, 0.3) is 0 Å². The van der Waals surface area contributed by atoms with Gasteiger partial charge in [-0.05, 0) is 68.8 Å². The summed E-state index contributed by atoms with van der Waals surface area (Å²) in [5, 5.41) is 5.40. The van der Waals surface area contributed by atoms with Gasteiger partial charge >= 0.3 is 0 Å². The fourth-order valence-corrected chi connectivity index (χ4v) is 2.79. The maximum atomic E-state index is 2.36. The Morgan fingerprint density at radius 2 is 1.56 bits per heavy atom. The molecule has 0 aromatic heterocycles. The van der Waals surface area contributed by atoms with Crippen molar-refractivity contribution < 1.29 is 0 Å². The van der Waals surface area contributed by atoms with Crippen LogP contribution in [0.25, 0.3) is 21.5 Å². The average Bonchev–Trinajstić information content (AvgIpc) is 2.29. The van der Waals surface area contributed by atoms with Gasteiger partial charge in [0.15, 0.2) is 0 Å². The first-order valence-corrected chi connectivity index (χ1v) is 6.41. The van der Waals surface area contributed by atoms with E-state index in [-0.39, 0.29) is 0 Å². The third kappa shape index (κ3) is 1.50. The standard InChI is InChI=1S/C15H11I/c1-10-8-11-9-12(16)6-7-14(11)15-5-3-2-4-13(10)15/h2-9H,1H3. The molecule has 3 aromatic carbocycles. The van der Waals surface area contributed by atoms with Crippen LogP contribution in [-0.4, -0.2) is 0 Å². The van der Waals surface area contributed by atoms with Gasteiger partial charge in [0, 0.05) is 3.57 Å². The van der Waals surface area contributed by atoms with E-state index in [0.717, 1.165) is 0 Å². The van der Waals surface area contributed by atoms with Crippen LogP contribution in [0.1, 0.15) is 5.56 Å². The minimum absolute atomic E-state index is 1.29. The summed E-state index contributed by atoms with van der Waals surface area (Å²) < 4.78 is 1.29. The second kappa shape index (κ2) is 3.74. The molecule has 78 valence electrons. The zero-order valence-corrected chi connectivity index (χ0v) is 11.2. The molecule has 0 aliphatic rings. The van der Waals surface area contributed by atoms with Gasteiger partial charge in [0.2, 0.25) is 0 Å². The lowest BCUT2D eigenvalue weighted by Crippen LogP contribution is -1.82. The highest BCUT2D eigenvalue weighted by atomic mass is 127. The van der Waals surface area contributed by atoms with E-state index < -0.39 is 0 Å². The van der Waals surface area contributed by atoms with E-state index in [1.807, 2.05) is 0 Å². The van der Waals surface area contributed by atoms with Crippen LogP contribution < -0.4 is 0 Å². The van der Waals surface area contributed by atoms with Crippen LogP contribution in [-0.2, 0) is 0 Å². The Kier molecular flexibility index (Phi) is 2.36. The quantitative estimate of drug-likeness (QED) is 0.408. The fraction of sp³-hybridized carbons (Fsp3) is 0.0667. The molecule has 3 aromatic rings. The van der Waals surface area contributed by atoms with Gasteiger partial charge in [-0.3, -0.25) is 0 Å². The SMILES string of the molecule is Cc1cc2cc(I)ccc2c2ccccc12. The maximum absolute atomic E-state index is 2.36. The van der Waals surface area contributed by atoms with Gasteiger partial charge < -0.3 is 0 Å². The first-order valence-electron chi connectivity index (χ1n) is 5.33. The van der Waals surface area contributed by atoms with E-state index in [9.17, 15) is 0 Å². The van der Waals surface area contributed by atoms with Crippen LogP contribution in [0.4, 0.5) is 0 Å². The van der Waals surface area contributed by atoms with E-state index in [2.05, 4.69) is 78.0 Å². The highest BCUT2D eigenvalue weighted by Crippen LogP contribution is 2.29. The van der Waals surface area contributed by atoms with E-state index in [4.69, 9.17) is 0 Å². The molecule has 1 heteroatoms. The predicted octanol–water partition coefficient (Wildman–Crippen LogP) is 4.91. The van der Waals surface area contributed by atoms with Crippen molar-refractivity contribution in [3.63, 3.8) is 0 Å². The third-order valence-electron chi connectivity index (χ3n) is 3.03. The number of hydrogen-bond acceptors (Lipinski definition) is 0. The summed E-state index contributed by atoms with van der Waals surface area (Å²) in [7, 11) is 0. The number of halogens is 1. The van der Waals surface area contributed by atoms with Crippen molar-refractivity contribution in [3.05, 3.63) is 57.7 Å². The number of fused-ring (bicyclic) bond motifs is 3. The van der Waals surface area contributed by atoms with Crippen LogP contribution in [0.2, 0.25) is 0 Å². The van der Waals surface area contributed by atoms with Crippen LogP contribution in [0.5, 0.6) is 0 Å². The van der Waals surface area contributed by atoms with Crippen molar-refractivity contribution >= 4 is 44.1 Å². The minimum atomic E-state index is 1.29. The number of aryl methyl sites for hydroxylation is 1. The number of benzene rings is 3. The van der Waals surface area contributed by atoms with Gasteiger partial charge in [-0.15, -0.1) is 0 Å². The summed E-state index contributed by atoms with van der Waals surface area (Å²) in [6, 6.07) is 17.5. The maximum Gasteiger partial charge on any atom is 0.0136 e. The first-order chi connectivity index (χ1) is 7.75. The summed E-state index contributed by atoms with van der Waals surface area (Å²) in [5.41, 5.74) is 1.35. The van der Waals surface area contributed by atoms with E-state index in [0.29, 0.717) is 0 Å². The second-order valence-electron chi connectivity index (χ2n) is 4.10. The minimum Gasteiger partial charge on any atom is -0.0616 e. The van der Waals surface area contributed by atoms with Crippen molar-refractivity contribution in [2.45, 2.75) is 6.92 Å². The lowest BCUT2D eigenvalue weighted by molar-refractivity contribution is 1.55. The molecule has 0 unspecified atom stereocenters. The smallest absolute Gasteiger partial charge is 0.0136 e. The lowest BCUT2D eigenvalue weighted by Gasteiger charge is -2.07. The summed E-state index contributed by atoms with van der Waals surface area (Å²) in [6.07, 6.45) is 0. The van der Waals surface area contributed by atoms with Gasteiger partial charge in [-0.25, -0.2) is 0 Å². The average molecular weight is 318 g/mol. The summed E-state index contributed by atoms with van der Waals surface area (Å²) in [4.78, 5) is 0. The normalized spacial score (nSPS) is 11.1. The molecule has 0 aliphatic carbocycles. The predicted molar refractivity (Wildman–Crippen MR) is 78.9 cm³/mol. The van der Waals surface area contributed by atoms with Crippen molar-refractivity contribution in [2.75, 3.05) is 0 Å². The topological polar surface area (TPSA) is 0 Å². The number of rotatable bonds is 0. The Balaban J connectivity index is 2.59. The van der Waals surface area contributed by atoms with Gasteiger partial charge in [-0.2, -0.15) is 0 Å². The Bertz CT molecular complexity index is 683. The molecule has 0 radical (unpaired) electrons. The van der Waals surface area contributed by atoms with Crippen molar-refractivity contribution in [2.24, 2.45) is 0 Å². The van der Waals surface area contributed by atoms with Crippen molar-refractivity contribution in [3.8, 4) is 0 Å². The molecule has 16 heavy (non-hydrogen) atoms. The van der Waals surface area contributed by atoms with Crippen LogP contribution >= 0.6 is 22.6 Å². The van der Waals surface area contributed by atoms with Crippen molar-refractivity contribution in [1.82, 2.24) is 0 Å². The zero-order valence-electron chi connectivity index (χ0n) is 9.00. The molecule has 3 rings (SSSR count). The molecular formula is C15H11I. The Hall–Kier alpha value is -1.09. The number of hydrogen-bond donors (Lipinski definition) is 0. The molecule has 0 saturated heterocycles. The molecule has 0 N–H and O–H groups in total. The molecule has 0 amide bonds. The Labute approximate surface area is 108 Å². The first kappa shape index (κ1) is 10.1. The van der Waals surface area contributed by atoms with Gasteiger partial charge in [0.05, 0.1) is 0 Å². The molecule has 0 saturated carbocycles. The summed E-state index contributed by atoms with van der Waals surface area (Å²) in [6.45, 7) is 2.18. The zero-order chi connectivity index (χ0) is 11.1. The molecule has 0 nitrogen and oxygen atoms in total. The molecule has 0 heterocycles. The van der Waals surface area contributed by atoms with Crippen LogP contribution in [0.15, 0.2) is 48.5 Å². The van der Waals surface area contributed by atoms with E-state index in [1.54, 1.807) is 0 Å². The van der Waals surface area contributed by atoms with Gasteiger partial charge in [0.1, 0.15) is 0 Å². The van der Waals surface area contributed by atoms with Gasteiger partial charge in [-0.1, -0.05) is 36.4 Å². The lowest BCUT2D eigenvalue weighted by atomic mass is 9.98. The largest absolute Gasteiger partial charge is 0.0616 e. The molecule has 0 fully saturated rings. The van der Waals surface area contributed by atoms with Crippen molar-refractivity contribution in [1.29, 1.82) is 0 Å².